The molecule has 3 rings (SSSR count). The Morgan fingerprint density at radius 1 is 1.25 bits per heavy atom. The van der Waals surface area contributed by atoms with Gasteiger partial charge in [-0.1, -0.05) is 37.6 Å². The largest absolute Gasteiger partial charge is 0.493 e. The van der Waals surface area contributed by atoms with Crippen molar-refractivity contribution >= 4 is 16.7 Å². The van der Waals surface area contributed by atoms with Crippen molar-refractivity contribution in [2.75, 3.05) is 13.2 Å². The van der Waals surface area contributed by atoms with Gasteiger partial charge in [0.15, 0.2) is 0 Å². The number of hydrazine groups is 1. The van der Waals surface area contributed by atoms with Crippen molar-refractivity contribution in [3.8, 4) is 5.75 Å². The highest BCUT2D eigenvalue weighted by molar-refractivity contribution is 5.89. The summed E-state index contributed by atoms with van der Waals surface area (Å²) in [5.74, 6) is 0.0162. The molecule has 0 radical (unpaired) electrons. The number of unbranched alkanes of at least 4 members (excludes halogenated alkanes) is 1. The van der Waals surface area contributed by atoms with Crippen LogP contribution in [0.4, 0.5) is 13.2 Å². The van der Waals surface area contributed by atoms with Gasteiger partial charge in [0.1, 0.15) is 11.8 Å². The molecule has 2 aromatic carbocycles. The molecule has 1 fully saturated rings. The molecular weight excluding hydrogens is 369 g/mol. The monoisotopic (exact) mass is 394 g/mol. The van der Waals surface area contributed by atoms with Crippen LogP contribution in [0.15, 0.2) is 36.4 Å². The van der Waals surface area contributed by atoms with Gasteiger partial charge in [-0.15, -0.1) is 0 Å². The standard InChI is InChI=1S/C21H25F3N2O2/c1-4-5-10-28-17-12-15(11-14-8-6-7-9-16(14)17)18(21(22,23)24)26-13-20(2,3)19(27)25-26/h6-9,11-12,18H,4-5,10,13H2,1-3H3,(H,25,27). The number of nitrogens with one attached hydrogen (secondary N) is 1. The first kappa shape index (κ1) is 20.5. The van der Waals surface area contributed by atoms with Crippen LogP contribution in [0.2, 0.25) is 0 Å². The van der Waals surface area contributed by atoms with E-state index >= 15 is 0 Å². The van der Waals surface area contributed by atoms with Crippen molar-refractivity contribution in [1.29, 1.82) is 0 Å². The molecular formula is C21H25F3N2O2. The van der Waals surface area contributed by atoms with E-state index < -0.39 is 23.5 Å². The molecule has 0 aliphatic carbocycles. The van der Waals surface area contributed by atoms with Crippen LogP contribution in [-0.2, 0) is 4.79 Å². The van der Waals surface area contributed by atoms with Gasteiger partial charge in [-0.25, -0.2) is 5.01 Å². The molecule has 0 saturated carbocycles. The Bertz CT molecular complexity index is 864. The Kier molecular flexibility index (Phi) is 5.57. The number of alkyl halides is 3. The van der Waals surface area contributed by atoms with Gasteiger partial charge in [-0.05, 0) is 43.4 Å². The second-order valence-corrected chi connectivity index (χ2v) is 7.84. The third-order valence-corrected chi connectivity index (χ3v) is 4.96. The molecule has 1 aliphatic heterocycles. The molecule has 0 bridgehead atoms. The third-order valence-electron chi connectivity index (χ3n) is 4.96. The van der Waals surface area contributed by atoms with Crippen LogP contribution >= 0.6 is 0 Å². The van der Waals surface area contributed by atoms with Gasteiger partial charge in [0.25, 0.3) is 0 Å². The van der Waals surface area contributed by atoms with E-state index in [1.807, 2.05) is 19.1 Å². The second-order valence-electron chi connectivity index (χ2n) is 7.84. The van der Waals surface area contributed by atoms with Gasteiger partial charge >= 0.3 is 6.18 Å². The number of benzene rings is 2. The highest BCUT2D eigenvalue weighted by atomic mass is 19.4. The highest BCUT2D eigenvalue weighted by Gasteiger charge is 2.51. The lowest BCUT2D eigenvalue weighted by molar-refractivity contribution is -0.191. The Labute approximate surface area is 162 Å². The molecule has 1 amide bonds. The second kappa shape index (κ2) is 7.62. The summed E-state index contributed by atoms with van der Waals surface area (Å²) in [6.45, 7) is 5.70. The topological polar surface area (TPSA) is 41.6 Å². The zero-order valence-electron chi connectivity index (χ0n) is 16.3. The Hall–Kier alpha value is -2.28. The van der Waals surface area contributed by atoms with Crippen molar-refractivity contribution in [1.82, 2.24) is 10.4 Å². The SMILES string of the molecule is CCCCOc1cc(C(N2CC(C)(C)C(=O)N2)C(F)(F)F)cc2ccccc12. The van der Waals surface area contributed by atoms with Crippen molar-refractivity contribution < 1.29 is 22.7 Å². The Balaban J connectivity index is 2.06. The molecule has 1 aliphatic rings. The Morgan fingerprint density at radius 2 is 1.96 bits per heavy atom. The van der Waals surface area contributed by atoms with Crippen LogP contribution in [0.3, 0.4) is 0 Å². The average molecular weight is 394 g/mol. The first-order valence-electron chi connectivity index (χ1n) is 9.43. The van der Waals surface area contributed by atoms with E-state index in [2.05, 4.69) is 5.43 Å². The summed E-state index contributed by atoms with van der Waals surface area (Å²) in [4.78, 5) is 12.1. The van der Waals surface area contributed by atoms with Crippen molar-refractivity contribution in [3.05, 3.63) is 42.0 Å². The minimum atomic E-state index is -4.56. The lowest BCUT2D eigenvalue weighted by Gasteiger charge is -2.30. The number of amides is 1. The molecule has 1 N–H and O–H groups in total. The molecule has 28 heavy (non-hydrogen) atoms. The zero-order valence-corrected chi connectivity index (χ0v) is 16.3. The smallest absolute Gasteiger partial charge is 0.409 e. The summed E-state index contributed by atoms with van der Waals surface area (Å²) in [6, 6.07) is 8.25. The van der Waals surface area contributed by atoms with Crippen molar-refractivity contribution in [2.45, 2.75) is 45.8 Å². The first-order valence-corrected chi connectivity index (χ1v) is 9.43. The van der Waals surface area contributed by atoms with Crippen LogP contribution in [-0.4, -0.2) is 30.2 Å². The van der Waals surface area contributed by atoms with E-state index in [4.69, 9.17) is 4.74 Å². The first-order chi connectivity index (χ1) is 13.1. The molecule has 2 aromatic rings. The van der Waals surface area contributed by atoms with E-state index in [1.165, 1.54) is 12.1 Å². The minimum absolute atomic E-state index is 0.0329. The number of rotatable bonds is 6. The van der Waals surface area contributed by atoms with Gasteiger partial charge in [0.05, 0.1) is 12.0 Å². The number of hydrogen-bond donors (Lipinski definition) is 1. The fraction of sp³-hybridized carbons (Fsp3) is 0.476. The van der Waals surface area contributed by atoms with Crippen LogP contribution in [0.25, 0.3) is 10.8 Å². The molecule has 152 valence electrons. The average Bonchev–Trinajstić information content (AvgIpc) is 2.86. The van der Waals surface area contributed by atoms with E-state index in [-0.39, 0.29) is 12.1 Å². The lowest BCUT2D eigenvalue weighted by atomic mass is 9.93. The summed E-state index contributed by atoms with van der Waals surface area (Å²) in [7, 11) is 0. The Morgan fingerprint density at radius 3 is 2.57 bits per heavy atom. The van der Waals surface area contributed by atoms with Crippen molar-refractivity contribution in [3.63, 3.8) is 0 Å². The van der Waals surface area contributed by atoms with Crippen molar-refractivity contribution in [2.24, 2.45) is 5.41 Å². The van der Waals surface area contributed by atoms with Crippen LogP contribution in [0.5, 0.6) is 5.75 Å². The molecule has 1 heterocycles. The van der Waals surface area contributed by atoms with Crippen LogP contribution in [0.1, 0.15) is 45.2 Å². The molecule has 7 heteroatoms. The maximum absolute atomic E-state index is 14.0. The number of carbonyl (C=O) groups excluding carboxylic acids is 1. The zero-order chi connectivity index (χ0) is 20.5. The summed E-state index contributed by atoms with van der Waals surface area (Å²) in [5.41, 5.74) is 1.57. The summed E-state index contributed by atoms with van der Waals surface area (Å²) < 4.78 is 47.9. The molecule has 0 spiro atoms. The number of carbonyl (C=O) groups is 1. The fourth-order valence-electron chi connectivity index (χ4n) is 3.42. The maximum Gasteiger partial charge on any atom is 0.409 e. The van der Waals surface area contributed by atoms with Gasteiger partial charge in [-0.3, -0.25) is 10.2 Å². The van der Waals surface area contributed by atoms with E-state index in [9.17, 15) is 18.0 Å². The molecule has 1 saturated heterocycles. The predicted molar refractivity (Wildman–Crippen MR) is 102 cm³/mol. The van der Waals surface area contributed by atoms with E-state index in [1.54, 1.807) is 26.0 Å². The van der Waals surface area contributed by atoms with Gasteiger partial charge < -0.3 is 4.74 Å². The molecule has 1 atom stereocenters. The summed E-state index contributed by atoms with van der Waals surface area (Å²) >= 11 is 0. The molecule has 4 nitrogen and oxygen atoms in total. The normalized spacial score (nSPS) is 18.3. The van der Waals surface area contributed by atoms with E-state index in [0.717, 1.165) is 23.2 Å². The highest BCUT2D eigenvalue weighted by Crippen LogP contribution is 2.43. The fourth-order valence-corrected chi connectivity index (χ4v) is 3.42. The summed E-state index contributed by atoms with van der Waals surface area (Å²) in [6.07, 6.45) is -2.81. The van der Waals surface area contributed by atoms with Gasteiger partial charge in [0, 0.05) is 11.9 Å². The quantitative estimate of drug-likeness (QED) is 0.702. The number of ether oxygens (including phenoxy) is 1. The van der Waals surface area contributed by atoms with Crippen LogP contribution in [0, 0.1) is 5.41 Å². The summed E-state index contributed by atoms with van der Waals surface area (Å²) in [5, 5.41) is 2.43. The number of fused-ring (bicyclic) bond motifs is 1. The van der Waals surface area contributed by atoms with E-state index in [0.29, 0.717) is 17.7 Å². The number of halogens is 3. The molecule has 0 aromatic heterocycles. The lowest BCUT2D eigenvalue weighted by Crippen LogP contribution is -2.43. The maximum atomic E-state index is 14.0. The molecule has 1 unspecified atom stereocenters. The number of nitrogens with zero attached hydrogens (tertiary/aromatic N) is 1. The third kappa shape index (κ3) is 4.09. The minimum Gasteiger partial charge on any atom is -0.493 e. The van der Waals surface area contributed by atoms with Gasteiger partial charge in [0.2, 0.25) is 5.91 Å². The predicted octanol–water partition coefficient (Wildman–Crippen LogP) is 5.00. The van der Waals surface area contributed by atoms with Gasteiger partial charge in [-0.2, -0.15) is 13.2 Å². The van der Waals surface area contributed by atoms with Crippen LogP contribution < -0.4 is 10.2 Å². The number of hydrogen-bond acceptors (Lipinski definition) is 3.